The molecule has 0 fully saturated rings. The Hall–Kier alpha value is -3.04. The molecule has 1 N–H and O–H groups in total. The zero-order valence-electron chi connectivity index (χ0n) is 19.3. The van der Waals surface area contributed by atoms with E-state index >= 15 is 8.78 Å². The Morgan fingerprint density at radius 3 is 2.53 bits per heavy atom. The molecule has 0 saturated heterocycles. The van der Waals surface area contributed by atoms with E-state index in [0.29, 0.717) is 33.5 Å². The molecule has 34 heavy (non-hydrogen) atoms. The predicted octanol–water partition coefficient (Wildman–Crippen LogP) is 2.22. The van der Waals surface area contributed by atoms with E-state index in [1.54, 1.807) is 56.5 Å². The normalized spacial score (nSPS) is 13.2. The summed E-state index contributed by atoms with van der Waals surface area (Å²) >= 11 is 0. The first kappa shape index (κ1) is 25.6. The van der Waals surface area contributed by atoms with Crippen LogP contribution >= 0.6 is 0 Å². The van der Waals surface area contributed by atoms with Gasteiger partial charge in [0, 0.05) is 11.8 Å². The Kier molecular flexibility index (Phi) is 7.57. The quantitative estimate of drug-likeness (QED) is 0.355. The maximum absolute atomic E-state index is 15.1. The molecular formula is C27H22F2LiN2O2-. The third-order valence-electron chi connectivity index (χ3n) is 5.56. The molecule has 4 nitrogen and oxygen atoms in total. The van der Waals surface area contributed by atoms with Gasteiger partial charge < -0.3 is 10.0 Å². The molecule has 0 aliphatic carbocycles. The van der Waals surface area contributed by atoms with Crippen LogP contribution in [-0.4, -0.2) is 20.9 Å². The molecule has 2 aromatic carbocycles. The van der Waals surface area contributed by atoms with Gasteiger partial charge in [-0.25, -0.2) is 14.9 Å². The van der Waals surface area contributed by atoms with Crippen molar-refractivity contribution in [2.45, 2.75) is 32.5 Å². The second-order valence-corrected chi connectivity index (χ2v) is 8.39. The van der Waals surface area contributed by atoms with Crippen LogP contribution in [0.25, 0.3) is 17.2 Å². The molecule has 1 amide bonds. The maximum Gasteiger partial charge on any atom is 1.00 e. The average Bonchev–Trinajstić information content (AvgIpc) is 3.09. The van der Waals surface area contributed by atoms with Gasteiger partial charge in [-0.1, -0.05) is 5.56 Å². The summed E-state index contributed by atoms with van der Waals surface area (Å²) < 4.78 is 30.1. The van der Waals surface area contributed by atoms with Crippen LogP contribution in [0.1, 0.15) is 46.6 Å². The number of hydrogen-bond acceptors (Lipinski definition) is 3. The van der Waals surface area contributed by atoms with Gasteiger partial charge in [-0.05, 0) is 38.1 Å². The van der Waals surface area contributed by atoms with Gasteiger partial charge >= 0.3 is 18.9 Å². The summed E-state index contributed by atoms with van der Waals surface area (Å²) in [6.07, 6.45) is 6.15. The van der Waals surface area contributed by atoms with Crippen molar-refractivity contribution in [1.29, 1.82) is 0 Å². The summed E-state index contributed by atoms with van der Waals surface area (Å²) in [5, 5.41) is 10.3. The van der Waals surface area contributed by atoms with E-state index in [-0.39, 0.29) is 43.4 Å². The zero-order valence-corrected chi connectivity index (χ0v) is 19.3. The van der Waals surface area contributed by atoms with Crippen LogP contribution in [-0.2, 0) is 18.7 Å². The van der Waals surface area contributed by atoms with Crippen LogP contribution in [0, 0.1) is 24.3 Å². The standard InChI is InChI=1S/C27H22F2N2O2.Li/c1-4-5-7-17-12-19(27(2,3)33)9-10-20(17)18-13-23(28)22(24(29)14-18)15-31-16-25-21(26(31)32)8-6-11-30-25;/h1,4-11,13-14,33H,15-16H2,2-3H3;/q-2;+1/b7-5-;. The smallest absolute Gasteiger partial charge is 0.387 e. The predicted molar refractivity (Wildman–Crippen MR) is 122 cm³/mol. The Morgan fingerprint density at radius 1 is 1.21 bits per heavy atom. The fraction of sp³-hybridized carbons (Fsp3) is 0.185. The van der Waals surface area contributed by atoms with Gasteiger partial charge in [0.15, 0.2) is 0 Å². The van der Waals surface area contributed by atoms with Crippen LogP contribution in [0.4, 0.5) is 8.78 Å². The minimum absolute atomic E-state index is 0. The van der Waals surface area contributed by atoms with Crippen molar-refractivity contribution in [2.24, 2.45) is 0 Å². The van der Waals surface area contributed by atoms with Crippen molar-refractivity contribution in [3.05, 3.63) is 107 Å². The van der Waals surface area contributed by atoms with E-state index < -0.39 is 17.2 Å². The average molecular weight is 451 g/mol. The van der Waals surface area contributed by atoms with E-state index in [2.05, 4.69) is 11.1 Å². The first-order chi connectivity index (χ1) is 15.7. The van der Waals surface area contributed by atoms with Crippen molar-refractivity contribution in [3.63, 3.8) is 0 Å². The molecule has 1 aromatic heterocycles. The topological polar surface area (TPSA) is 53.4 Å². The minimum Gasteiger partial charge on any atom is -0.387 e. The van der Waals surface area contributed by atoms with E-state index in [1.807, 2.05) is 0 Å². The number of rotatable bonds is 6. The molecule has 1 aliphatic rings. The van der Waals surface area contributed by atoms with Gasteiger partial charge in [0.25, 0.3) is 5.91 Å². The van der Waals surface area contributed by atoms with Crippen LogP contribution in [0.3, 0.4) is 0 Å². The number of pyridine rings is 1. The summed E-state index contributed by atoms with van der Waals surface area (Å²) in [6.45, 7) is 8.70. The van der Waals surface area contributed by atoms with Crippen molar-refractivity contribution in [2.75, 3.05) is 0 Å². The van der Waals surface area contributed by atoms with E-state index in [9.17, 15) is 9.90 Å². The zero-order chi connectivity index (χ0) is 23.8. The SMILES string of the molecule is [CH-]=C/C=C\c1[c-]c(C(C)(C)O)ccc1-c1cc(F)c(CN2Cc3ncccc3C2=O)c(F)c1.[Li+]. The summed E-state index contributed by atoms with van der Waals surface area (Å²) in [5.74, 6) is -1.81. The number of halogens is 2. The van der Waals surface area contributed by atoms with Gasteiger partial charge in [-0.15, -0.1) is 29.3 Å². The molecule has 4 rings (SSSR count). The largest absolute Gasteiger partial charge is 1.00 e. The molecule has 3 aromatic rings. The van der Waals surface area contributed by atoms with Gasteiger partial charge in [0.2, 0.25) is 0 Å². The Bertz CT molecular complexity index is 1260. The monoisotopic (exact) mass is 451 g/mol. The number of amides is 1. The minimum atomic E-state index is -1.14. The third-order valence-corrected chi connectivity index (χ3v) is 5.56. The van der Waals surface area contributed by atoms with Gasteiger partial charge in [-0.2, -0.15) is 5.56 Å². The maximum atomic E-state index is 15.1. The van der Waals surface area contributed by atoms with Crippen molar-refractivity contribution < 1.29 is 37.5 Å². The summed E-state index contributed by atoms with van der Waals surface area (Å²) in [4.78, 5) is 18.1. The molecule has 168 valence electrons. The molecule has 7 heteroatoms. The van der Waals surface area contributed by atoms with E-state index in [1.165, 1.54) is 23.1 Å². The number of allylic oxidation sites excluding steroid dienone is 2. The first-order valence-corrected chi connectivity index (χ1v) is 10.4. The molecule has 0 atom stereocenters. The number of hydrogen-bond donors (Lipinski definition) is 1. The number of nitrogens with zero attached hydrogens (tertiary/aromatic N) is 2. The molecule has 0 spiro atoms. The van der Waals surface area contributed by atoms with Crippen LogP contribution in [0.2, 0.25) is 0 Å². The second kappa shape index (κ2) is 10.1. The molecule has 0 bridgehead atoms. The summed E-state index contributed by atoms with van der Waals surface area (Å²) in [5.41, 5.74) is 1.61. The van der Waals surface area contributed by atoms with Crippen molar-refractivity contribution in [3.8, 4) is 11.1 Å². The van der Waals surface area contributed by atoms with Gasteiger partial charge in [0.1, 0.15) is 11.6 Å². The van der Waals surface area contributed by atoms with Crippen LogP contribution in [0.15, 0.2) is 54.7 Å². The molecule has 0 unspecified atom stereocenters. The van der Waals surface area contributed by atoms with E-state index in [4.69, 9.17) is 6.58 Å². The number of carbonyl (C=O) groups is 1. The fourth-order valence-electron chi connectivity index (χ4n) is 3.81. The third kappa shape index (κ3) is 5.05. The molecule has 2 heterocycles. The number of aliphatic hydroxyl groups is 1. The number of fused-ring (bicyclic) bond motifs is 1. The first-order valence-electron chi connectivity index (χ1n) is 10.4. The number of carbonyl (C=O) groups excluding carboxylic acids is 1. The second-order valence-electron chi connectivity index (χ2n) is 8.39. The van der Waals surface area contributed by atoms with Crippen molar-refractivity contribution in [1.82, 2.24) is 9.88 Å². The summed E-state index contributed by atoms with van der Waals surface area (Å²) in [6, 6.07) is 12.2. The van der Waals surface area contributed by atoms with Crippen molar-refractivity contribution >= 4 is 12.0 Å². The Morgan fingerprint density at radius 2 is 1.91 bits per heavy atom. The molecular weight excluding hydrogens is 429 g/mol. The van der Waals surface area contributed by atoms with Crippen LogP contribution < -0.4 is 18.9 Å². The van der Waals surface area contributed by atoms with Gasteiger partial charge in [-0.3, -0.25) is 28.5 Å². The van der Waals surface area contributed by atoms with Crippen LogP contribution in [0.5, 0.6) is 0 Å². The number of aromatic nitrogens is 1. The molecule has 0 saturated carbocycles. The summed E-state index contributed by atoms with van der Waals surface area (Å²) in [7, 11) is 0. The number of benzene rings is 2. The molecule has 1 aliphatic heterocycles. The Balaban J connectivity index is 0.00000324. The van der Waals surface area contributed by atoms with Gasteiger partial charge in [0.05, 0.1) is 29.9 Å². The fourth-order valence-corrected chi connectivity index (χ4v) is 3.81. The molecule has 0 radical (unpaired) electrons. The van der Waals surface area contributed by atoms with E-state index in [0.717, 1.165) is 0 Å². The Labute approximate surface area is 209 Å².